The van der Waals surface area contributed by atoms with E-state index in [0.29, 0.717) is 0 Å². The van der Waals surface area contributed by atoms with Gasteiger partial charge in [-0.2, -0.15) is 17.4 Å². The second kappa shape index (κ2) is 4.91. The number of nitrogens with one attached hydrogen (secondary N) is 1. The molecule has 7 heteroatoms. The second-order valence-corrected chi connectivity index (χ2v) is 6.97. The van der Waals surface area contributed by atoms with Crippen LogP contribution < -0.4 is 4.72 Å². The fraction of sp³-hybridized carbons (Fsp3) is 0.900. The van der Waals surface area contributed by atoms with E-state index in [0.717, 1.165) is 12.8 Å². The number of carbonyl (C=O) groups is 1. The largest absolute Gasteiger partial charge is 0.481 e. The number of nitrogens with zero attached hydrogens (tertiary/aromatic N) is 1. The summed E-state index contributed by atoms with van der Waals surface area (Å²) in [4.78, 5) is 10.5. The van der Waals surface area contributed by atoms with Gasteiger partial charge < -0.3 is 5.11 Å². The molecular formula is C10H20N2O4S. The van der Waals surface area contributed by atoms with Crippen LogP contribution in [0, 0.1) is 0 Å². The lowest BCUT2D eigenvalue weighted by molar-refractivity contribution is -0.137. The molecular weight excluding hydrogens is 244 g/mol. The summed E-state index contributed by atoms with van der Waals surface area (Å²) in [5, 5.41) is 8.62. The zero-order chi connectivity index (χ0) is 13.3. The summed E-state index contributed by atoms with van der Waals surface area (Å²) >= 11 is 0. The van der Waals surface area contributed by atoms with Crippen LogP contribution in [0.1, 0.15) is 40.0 Å². The number of carboxylic acids is 1. The van der Waals surface area contributed by atoms with Gasteiger partial charge in [-0.25, -0.2) is 0 Å². The van der Waals surface area contributed by atoms with Crippen molar-refractivity contribution >= 4 is 16.2 Å². The van der Waals surface area contributed by atoms with E-state index >= 15 is 0 Å². The van der Waals surface area contributed by atoms with Crippen molar-refractivity contribution in [2.24, 2.45) is 0 Å². The molecule has 1 aliphatic carbocycles. The first-order valence-electron chi connectivity index (χ1n) is 5.64. The minimum atomic E-state index is -3.59. The van der Waals surface area contributed by atoms with Gasteiger partial charge >= 0.3 is 5.97 Å². The molecule has 0 unspecified atom stereocenters. The summed E-state index contributed by atoms with van der Waals surface area (Å²) in [6.07, 6.45) is 1.46. The van der Waals surface area contributed by atoms with Crippen molar-refractivity contribution in [1.29, 1.82) is 0 Å². The molecule has 2 N–H and O–H groups in total. The predicted octanol–water partition coefficient (Wildman–Crippen LogP) is 0.558. The highest BCUT2D eigenvalue weighted by Gasteiger charge is 2.38. The zero-order valence-electron chi connectivity index (χ0n) is 10.4. The molecule has 1 rings (SSSR count). The molecule has 0 aromatic heterocycles. The Bertz CT molecular complexity index is 382. The Morgan fingerprint density at radius 1 is 1.41 bits per heavy atom. The summed E-state index contributed by atoms with van der Waals surface area (Å²) in [5.41, 5.74) is -0.560. The molecule has 0 heterocycles. The SMILES string of the molecule is CC(C)(C)NS(=O)(=O)N(CCC(=O)O)C1CC1. The summed E-state index contributed by atoms with van der Waals surface area (Å²) in [6.45, 7) is 5.30. The third-order valence-corrected chi connectivity index (χ3v) is 4.21. The molecule has 17 heavy (non-hydrogen) atoms. The summed E-state index contributed by atoms with van der Waals surface area (Å²) in [6, 6.07) is -0.0331. The van der Waals surface area contributed by atoms with E-state index in [4.69, 9.17) is 5.11 Å². The fourth-order valence-corrected chi connectivity index (χ4v) is 3.34. The van der Waals surface area contributed by atoms with Crippen molar-refractivity contribution in [2.45, 2.75) is 51.6 Å². The van der Waals surface area contributed by atoms with Gasteiger partial charge in [0, 0.05) is 18.1 Å². The Hall–Kier alpha value is -0.660. The van der Waals surface area contributed by atoms with Crippen molar-refractivity contribution in [3.05, 3.63) is 0 Å². The molecule has 1 aliphatic rings. The highest BCUT2D eigenvalue weighted by Crippen LogP contribution is 2.29. The van der Waals surface area contributed by atoms with Gasteiger partial charge in [-0.1, -0.05) is 0 Å². The minimum Gasteiger partial charge on any atom is -0.481 e. The first-order chi connectivity index (χ1) is 7.62. The molecule has 6 nitrogen and oxygen atoms in total. The minimum absolute atomic E-state index is 0.0331. The third-order valence-electron chi connectivity index (χ3n) is 2.24. The standard InChI is InChI=1S/C10H20N2O4S/c1-10(2,3)11-17(15,16)12(8-4-5-8)7-6-9(13)14/h8,11H,4-7H2,1-3H3,(H,13,14). The molecule has 0 amide bonds. The monoisotopic (exact) mass is 264 g/mol. The highest BCUT2D eigenvalue weighted by molar-refractivity contribution is 7.87. The topological polar surface area (TPSA) is 86.7 Å². The lowest BCUT2D eigenvalue weighted by atomic mass is 10.1. The van der Waals surface area contributed by atoms with Crippen molar-refractivity contribution in [1.82, 2.24) is 9.03 Å². The van der Waals surface area contributed by atoms with Crippen molar-refractivity contribution in [3.8, 4) is 0 Å². The molecule has 0 aliphatic heterocycles. The smallest absolute Gasteiger partial charge is 0.304 e. The van der Waals surface area contributed by atoms with Crippen molar-refractivity contribution < 1.29 is 18.3 Å². The average molecular weight is 264 g/mol. The maximum absolute atomic E-state index is 12.1. The Kier molecular flexibility index (Phi) is 4.16. The van der Waals surface area contributed by atoms with Gasteiger partial charge in [-0.3, -0.25) is 4.79 Å². The van der Waals surface area contributed by atoms with Gasteiger partial charge in [0.1, 0.15) is 0 Å². The highest BCUT2D eigenvalue weighted by atomic mass is 32.2. The summed E-state index contributed by atoms with van der Waals surface area (Å²) < 4.78 is 27.9. The van der Waals surface area contributed by atoms with Crippen LogP contribution >= 0.6 is 0 Å². The Morgan fingerprint density at radius 2 is 1.94 bits per heavy atom. The fourth-order valence-electron chi connectivity index (χ4n) is 1.51. The second-order valence-electron chi connectivity index (χ2n) is 5.34. The van der Waals surface area contributed by atoms with E-state index in [9.17, 15) is 13.2 Å². The van der Waals surface area contributed by atoms with Crippen LogP contribution in [0.3, 0.4) is 0 Å². The van der Waals surface area contributed by atoms with Crippen LogP contribution in [-0.4, -0.2) is 41.9 Å². The van der Waals surface area contributed by atoms with E-state index in [2.05, 4.69) is 4.72 Å². The lowest BCUT2D eigenvalue weighted by Crippen LogP contribution is -2.50. The summed E-state index contributed by atoms with van der Waals surface area (Å²) in [5.74, 6) is -0.985. The van der Waals surface area contributed by atoms with E-state index in [1.807, 2.05) is 0 Å². The van der Waals surface area contributed by atoms with Crippen LogP contribution in [0.15, 0.2) is 0 Å². The van der Waals surface area contributed by atoms with E-state index < -0.39 is 21.7 Å². The number of hydrogen-bond donors (Lipinski definition) is 2. The van der Waals surface area contributed by atoms with Crippen LogP contribution in [0.25, 0.3) is 0 Å². The molecule has 1 saturated carbocycles. The quantitative estimate of drug-likeness (QED) is 0.734. The van der Waals surface area contributed by atoms with E-state index in [1.165, 1.54) is 4.31 Å². The number of carboxylic acid groups (broad SMARTS) is 1. The average Bonchev–Trinajstić information content (AvgIpc) is 2.81. The molecule has 0 aromatic carbocycles. The van der Waals surface area contributed by atoms with Crippen LogP contribution in [-0.2, 0) is 15.0 Å². The van der Waals surface area contributed by atoms with Gasteiger partial charge in [0.15, 0.2) is 0 Å². The van der Waals surface area contributed by atoms with Gasteiger partial charge in [-0.05, 0) is 33.6 Å². The molecule has 0 spiro atoms. The Balaban J connectivity index is 2.72. The molecule has 0 aromatic rings. The maximum Gasteiger partial charge on any atom is 0.304 e. The lowest BCUT2D eigenvalue weighted by Gasteiger charge is -2.27. The van der Waals surface area contributed by atoms with Gasteiger partial charge in [0.2, 0.25) is 0 Å². The molecule has 100 valence electrons. The van der Waals surface area contributed by atoms with E-state index in [1.54, 1.807) is 20.8 Å². The molecule has 0 bridgehead atoms. The Labute approximate surface area is 102 Å². The van der Waals surface area contributed by atoms with Crippen LogP contribution in [0.5, 0.6) is 0 Å². The van der Waals surface area contributed by atoms with Crippen LogP contribution in [0.2, 0.25) is 0 Å². The predicted molar refractivity (Wildman–Crippen MR) is 63.8 cm³/mol. The maximum atomic E-state index is 12.1. The first-order valence-corrected chi connectivity index (χ1v) is 7.08. The van der Waals surface area contributed by atoms with Gasteiger partial charge in [0.25, 0.3) is 10.2 Å². The van der Waals surface area contributed by atoms with Gasteiger partial charge in [-0.15, -0.1) is 0 Å². The van der Waals surface area contributed by atoms with E-state index in [-0.39, 0.29) is 19.0 Å². The summed E-state index contributed by atoms with van der Waals surface area (Å²) in [7, 11) is -3.59. The third kappa shape index (κ3) is 5.01. The number of rotatable bonds is 6. The number of hydrogen-bond acceptors (Lipinski definition) is 3. The molecule has 0 saturated heterocycles. The normalized spacial score (nSPS) is 17.4. The van der Waals surface area contributed by atoms with Crippen molar-refractivity contribution in [2.75, 3.05) is 6.54 Å². The van der Waals surface area contributed by atoms with Crippen LogP contribution in [0.4, 0.5) is 0 Å². The molecule has 0 radical (unpaired) electrons. The zero-order valence-corrected chi connectivity index (χ0v) is 11.2. The first kappa shape index (κ1) is 14.4. The molecule has 1 fully saturated rings. The molecule has 0 atom stereocenters. The Morgan fingerprint density at radius 3 is 2.29 bits per heavy atom. The number of aliphatic carboxylic acids is 1. The van der Waals surface area contributed by atoms with Gasteiger partial charge in [0.05, 0.1) is 6.42 Å². The van der Waals surface area contributed by atoms with Crippen molar-refractivity contribution in [3.63, 3.8) is 0 Å².